The fraction of sp³-hybridized carbons (Fsp3) is 0.379. The number of ether oxygens (including phenoxy) is 4. The van der Waals surface area contributed by atoms with Gasteiger partial charge in [0.05, 0.1) is 46.7 Å². The van der Waals surface area contributed by atoms with Crippen LogP contribution in [0.15, 0.2) is 54.7 Å². The molecule has 1 amide bonds. The van der Waals surface area contributed by atoms with E-state index < -0.39 is 0 Å². The molecule has 0 aliphatic carbocycles. The fourth-order valence-electron chi connectivity index (χ4n) is 4.78. The highest BCUT2D eigenvalue weighted by Crippen LogP contribution is 2.40. The van der Waals surface area contributed by atoms with Crippen LogP contribution in [0, 0.1) is 0 Å². The number of pyridine rings is 1. The van der Waals surface area contributed by atoms with Crippen molar-refractivity contribution in [3.63, 3.8) is 0 Å². The highest BCUT2D eigenvalue weighted by Gasteiger charge is 2.31. The molecule has 0 spiro atoms. The van der Waals surface area contributed by atoms with E-state index in [9.17, 15) is 4.79 Å². The Morgan fingerprint density at radius 1 is 1.00 bits per heavy atom. The minimum Gasteiger partial charge on any atom is -0.493 e. The molecule has 1 N–H and O–H groups in total. The van der Waals surface area contributed by atoms with Gasteiger partial charge in [-0.05, 0) is 72.9 Å². The van der Waals surface area contributed by atoms with Crippen LogP contribution in [0.4, 0.5) is 0 Å². The fourth-order valence-corrected chi connectivity index (χ4v) is 4.78. The third kappa shape index (κ3) is 6.32. The van der Waals surface area contributed by atoms with E-state index in [0.717, 1.165) is 35.5 Å². The van der Waals surface area contributed by atoms with Gasteiger partial charge >= 0.3 is 0 Å². The molecule has 3 aromatic rings. The second-order valence-electron chi connectivity index (χ2n) is 8.86. The second kappa shape index (κ2) is 12.5. The molecule has 0 saturated carbocycles. The minimum absolute atomic E-state index is 0.0347. The predicted molar refractivity (Wildman–Crippen MR) is 142 cm³/mol. The second-order valence-corrected chi connectivity index (χ2v) is 8.86. The first-order valence-corrected chi connectivity index (χ1v) is 12.5. The highest BCUT2D eigenvalue weighted by atomic mass is 16.5. The summed E-state index contributed by atoms with van der Waals surface area (Å²) in [6.45, 7) is 3.92. The first kappa shape index (κ1) is 26.3. The Hall–Kier alpha value is -3.78. The van der Waals surface area contributed by atoms with E-state index in [0.29, 0.717) is 36.8 Å². The van der Waals surface area contributed by atoms with E-state index in [4.69, 9.17) is 18.9 Å². The van der Waals surface area contributed by atoms with E-state index in [2.05, 4.69) is 27.3 Å². The molecule has 0 bridgehead atoms. The molecule has 1 aliphatic rings. The molecule has 1 aromatic heterocycles. The standard InChI is InChI=1S/C29H35N3O5/c1-5-37-28-17-23-21(16-27(28)36-4)11-13-32(19-29(33)31-18-22-8-6-7-12-30-22)24(23)14-20-9-10-25(34-2)26(15-20)35-3/h6-10,12,15-17,24H,5,11,13-14,18-19H2,1-4H3,(H,31,33). The van der Waals surface area contributed by atoms with E-state index in [1.54, 1.807) is 27.5 Å². The third-order valence-electron chi connectivity index (χ3n) is 6.61. The van der Waals surface area contributed by atoms with E-state index >= 15 is 0 Å². The van der Waals surface area contributed by atoms with Crippen molar-refractivity contribution in [2.24, 2.45) is 0 Å². The predicted octanol–water partition coefficient (Wildman–Crippen LogP) is 3.96. The smallest absolute Gasteiger partial charge is 0.234 e. The Balaban J connectivity index is 1.62. The third-order valence-corrected chi connectivity index (χ3v) is 6.61. The lowest BCUT2D eigenvalue weighted by molar-refractivity contribution is -0.123. The quantitative estimate of drug-likeness (QED) is 0.422. The molecule has 4 rings (SSSR count). The molecular weight excluding hydrogens is 470 g/mol. The Morgan fingerprint density at radius 2 is 1.78 bits per heavy atom. The topological polar surface area (TPSA) is 82.2 Å². The Morgan fingerprint density at radius 3 is 2.49 bits per heavy atom. The number of nitrogens with one attached hydrogen (secondary N) is 1. The summed E-state index contributed by atoms with van der Waals surface area (Å²) in [7, 11) is 4.92. The van der Waals surface area contributed by atoms with Gasteiger partial charge in [0.1, 0.15) is 0 Å². The Kier molecular flexibility index (Phi) is 8.85. The summed E-state index contributed by atoms with van der Waals surface area (Å²) >= 11 is 0. The van der Waals surface area contributed by atoms with E-state index in [1.807, 2.05) is 43.3 Å². The summed E-state index contributed by atoms with van der Waals surface area (Å²) in [5.41, 5.74) is 4.26. The number of aromatic nitrogens is 1. The first-order valence-electron chi connectivity index (χ1n) is 12.5. The minimum atomic E-state index is -0.0371. The Bertz CT molecular complexity index is 1200. The molecule has 2 heterocycles. The van der Waals surface area contributed by atoms with Crippen molar-refractivity contribution in [2.75, 3.05) is 41.0 Å². The van der Waals surface area contributed by atoms with Gasteiger partial charge < -0.3 is 24.3 Å². The lowest BCUT2D eigenvalue weighted by atomic mass is 9.88. The van der Waals surface area contributed by atoms with Gasteiger partial charge in [-0.25, -0.2) is 0 Å². The van der Waals surface area contributed by atoms with Crippen molar-refractivity contribution in [1.82, 2.24) is 15.2 Å². The molecule has 0 fully saturated rings. The summed E-state index contributed by atoms with van der Waals surface area (Å²) in [4.78, 5) is 19.5. The zero-order valence-corrected chi connectivity index (χ0v) is 22.0. The Labute approximate surface area is 218 Å². The molecule has 0 radical (unpaired) electrons. The molecule has 8 nitrogen and oxygen atoms in total. The van der Waals surface area contributed by atoms with E-state index in [1.165, 1.54) is 5.56 Å². The number of nitrogens with zero attached hydrogens (tertiary/aromatic N) is 2. The van der Waals surface area contributed by atoms with Gasteiger partial charge in [-0.2, -0.15) is 0 Å². The first-order chi connectivity index (χ1) is 18.1. The van der Waals surface area contributed by atoms with Gasteiger partial charge in [0.25, 0.3) is 0 Å². The number of benzene rings is 2. The summed E-state index contributed by atoms with van der Waals surface area (Å²) in [5.74, 6) is 2.77. The summed E-state index contributed by atoms with van der Waals surface area (Å²) < 4.78 is 22.5. The monoisotopic (exact) mass is 505 g/mol. The SMILES string of the molecule is CCOc1cc2c(cc1OC)CCN(CC(=O)NCc1ccccn1)C2Cc1ccc(OC)c(OC)c1. The molecule has 37 heavy (non-hydrogen) atoms. The molecular formula is C29H35N3O5. The number of amides is 1. The number of hydrogen-bond acceptors (Lipinski definition) is 7. The lowest BCUT2D eigenvalue weighted by Gasteiger charge is -2.37. The van der Waals surface area contributed by atoms with Crippen LogP contribution in [-0.2, 0) is 24.2 Å². The van der Waals surface area contributed by atoms with Gasteiger partial charge in [-0.1, -0.05) is 12.1 Å². The maximum absolute atomic E-state index is 13.0. The zero-order chi connectivity index (χ0) is 26.2. The average Bonchev–Trinajstić information content (AvgIpc) is 2.93. The molecule has 1 aliphatic heterocycles. The summed E-state index contributed by atoms with van der Waals surface area (Å²) in [6, 6.07) is 15.7. The largest absolute Gasteiger partial charge is 0.493 e. The van der Waals surface area contributed by atoms with Crippen LogP contribution in [-0.4, -0.2) is 56.8 Å². The van der Waals surface area contributed by atoms with Gasteiger partial charge in [0.2, 0.25) is 5.91 Å². The normalized spacial score (nSPS) is 15.0. The molecule has 196 valence electrons. The van der Waals surface area contributed by atoms with Gasteiger partial charge in [0, 0.05) is 18.8 Å². The highest BCUT2D eigenvalue weighted by molar-refractivity contribution is 5.78. The van der Waals surface area contributed by atoms with Crippen LogP contribution in [0.5, 0.6) is 23.0 Å². The van der Waals surface area contributed by atoms with Crippen molar-refractivity contribution in [3.05, 3.63) is 77.1 Å². The number of methoxy groups -OCH3 is 3. The molecule has 1 atom stereocenters. The molecule has 0 saturated heterocycles. The number of fused-ring (bicyclic) bond motifs is 1. The van der Waals surface area contributed by atoms with Crippen molar-refractivity contribution in [1.29, 1.82) is 0 Å². The van der Waals surface area contributed by atoms with E-state index in [-0.39, 0.29) is 18.5 Å². The zero-order valence-electron chi connectivity index (χ0n) is 22.0. The number of hydrogen-bond donors (Lipinski definition) is 1. The average molecular weight is 506 g/mol. The molecule has 8 heteroatoms. The number of rotatable bonds is 11. The molecule has 1 unspecified atom stereocenters. The van der Waals surface area contributed by atoms with Crippen molar-refractivity contribution in [3.8, 4) is 23.0 Å². The summed E-state index contributed by atoms with van der Waals surface area (Å²) in [6.07, 6.45) is 3.24. The van der Waals surface area contributed by atoms with Crippen LogP contribution < -0.4 is 24.3 Å². The van der Waals surface area contributed by atoms with Crippen LogP contribution in [0.1, 0.15) is 35.3 Å². The van der Waals surface area contributed by atoms with Crippen LogP contribution in [0.2, 0.25) is 0 Å². The van der Waals surface area contributed by atoms with Crippen LogP contribution >= 0.6 is 0 Å². The van der Waals surface area contributed by atoms with Crippen LogP contribution in [0.3, 0.4) is 0 Å². The van der Waals surface area contributed by atoms with Crippen molar-refractivity contribution in [2.45, 2.75) is 32.4 Å². The van der Waals surface area contributed by atoms with Gasteiger partial charge in [-0.15, -0.1) is 0 Å². The van der Waals surface area contributed by atoms with Gasteiger partial charge in [-0.3, -0.25) is 14.7 Å². The number of carbonyl (C=O) groups excluding carboxylic acids is 1. The molecule has 2 aromatic carbocycles. The number of carbonyl (C=O) groups is 1. The van der Waals surface area contributed by atoms with Crippen molar-refractivity contribution < 1.29 is 23.7 Å². The maximum atomic E-state index is 13.0. The van der Waals surface area contributed by atoms with Gasteiger partial charge in [0.15, 0.2) is 23.0 Å². The lowest BCUT2D eigenvalue weighted by Crippen LogP contribution is -2.43. The summed E-state index contributed by atoms with van der Waals surface area (Å²) in [5, 5.41) is 3.01. The van der Waals surface area contributed by atoms with Crippen molar-refractivity contribution >= 4 is 5.91 Å². The maximum Gasteiger partial charge on any atom is 0.234 e. The van der Waals surface area contributed by atoms with Crippen LogP contribution in [0.25, 0.3) is 0 Å².